The summed E-state index contributed by atoms with van der Waals surface area (Å²) in [6, 6.07) is 0. The van der Waals surface area contributed by atoms with Gasteiger partial charge in [-0.15, -0.1) is 0 Å². The van der Waals surface area contributed by atoms with Crippen molar-refractivity contribution < 1.29 is 71.8 Å². The van der Waals surface area contributed by atoms with E-state index in [1.165, 1.54) is 11.1 Å². The van der Waals surface area contributed by atoms with E-state index in [4.69, 9.17) is 56.8 Å². The molecular weight excluding hydrogens is 744 g/mol. The number of carbonyl (C=O) groups excluding carboxylic acids is 1. The van der Waals surface area contributed by atoms with Crippen molar-refractivity contribution in [1.29, 1.82) is 0 Å². The van der Waals surface area contributed by atoms with Crippen LogP contribution in [0.15, 0.2) is 23.5 Å². The van der Waals surface area contributed by atoms with Crippen LogP contribution in [0.25, 0.3) is 0 Å². The highest BCUT2D eigenvalue weighted by atomic mass is 16.8. The third-order valence-electron chi connectivity index (χ3n) is 14.6. The van der Waals surface area contributed by atoms with Crippen LogP contribution >= 0.6 is 0 Å². The maximum Gasteiger partial charge on any atom is 0.309 e. The Kier molecular flexibility index (Phi) is 12.2. The standard InChI is InChI=1S/C42H64O15/c1-20-34(43)28(46-6)16-31(51-20)56-36-21(2)52-32(17-29(36)47-7)57-37-22(3)53-40(35(44)38(37)48-8)54-25-13-14-41(4)24(15-25)10-11-26-27(41)12-9-23-18-49-42(5)33(23)30(19-50-42)55-39(26)45/h10,18,20-22,25-38,40,43-44H,9,11-17,19H2,1-8H3/t20-,21+,22-,25+,26?,27?,28+,29+,30?,31+,32+,33?,34-,35-,36+,37-,38-,40+,41+,42+/m1/s1. The number of hydrogen-bond donors (Lipinski definition) is 2. The lowest BCUT2D eigenvalue weighted by Gasteiger charge is -2.51. The Morgan fingerprint density at radius 1 is 0.807 bits per heavy atom. The van der Waals surface area contributed by atoms with Gasteiger partial charge in [-0.2, -0.15) is 0 Å². The predicted octanol–water partition coefficient (Wildman–Crippen LogP) is 3.66. The molecule has 0 bridgehead atoms. The van der Waals surface area contributed by atoms with Gasteiger partial charge in [0.2, 0.25) is 5.79 Å². The van der Waals surface area contributed by atoms with Gasteiger partial charge in [0.05, 0.1) is 61.3 Å². The summed E-state index contributed by atoms with van der Waals surface area (Å²) in [5.41, 5.74) is 2.27. The van der Waals surface area contributed by atoms with Gasteiger partial charge in [-0.05, 0) is 76.2 Å². The van der Waals surface area contributed by atoms with E-state index in [1.807, 2.05) is 27.0 Å². The fourth-order valence-corrected chi connectivity index (χ4v) is 11.3. The molecule has 2 N–H and O–H groups in total. The Hall–Kier alpha value is -1.73. The summed E-state index contributed by atoms with van der Waals surface area (Å²) in [7, 11) is 4.74. The molecule has 0 aromatic carbocycles. The lowest BCUT2D eigenvalue weighted by molar-refractivity contribution is -0.353. The molecule has 5 saturated heterocycles. The molecular formula is C42H64O15. The fourth-order valence-electron chi connectivity index (χ4n) is 11.3. The molecule has 0 radical (unpaired) electrons. The van der Waals surface area contributed by atoms with Gasteiger partial charge in [0.1, 0.15) is 36.6 Å². The Labute approximate surface area is 335 Å². The molecule has 322 valence electrons. The average Bonchev–Trinajstić information content (AvgIpc) is 3.70. The van der Waals surface area contributed by atoms with E-state index in [0.29, 0.717) is 32.3 Å². The van der Waals surface area contributed by atoms with Gasteiger partial charge in [-0.3, -0.25) is 4.79 Å². The minimum Gasteiger partial charge on any atom is -0.469 e. The summed E-state index contributed by atoms with van der Waals surface area (Å²) < 4.78 is 73.4. The van der Waals surface area contributed by atoms with Crippen molar-refractivity contribution in [2.75, 3.05) is 27.9 Å². The van der Waals surface area contributed by atoms with Gasteiger partial charge in [0, 0.05) is 41.1 Å². The number of esters is 1. The van der Waals surface area contributed by atoms with E-state index >= 15 is 0 Å². The second kappa shape index (κ2) is 16.6. The van der Waals surface area contributed by atoms with Crippen LogP contribution in [0.5, 0.6) is 0 Å². The molecule has 0 amide bonds. The highest BCUT2D eigenvalue weighted by molar-refractivity contribution is 5.74. The minimum atomic E-state index is -1.13. The van der Waals surface area contributed by atoms with Gasteiger partial charge in [0.25, 0.3) is 0 Å². The van der Waals surface area contributed by atoms with E-state index < -0.39 is 79.6 Å². The number of carbonyl (C=O) groups is 1. The van der Waals surface area contributed by atoms with Crippen LogP contribution in [-0.4, -0.2) is 142 Å². The van der Waals surface area contributed by atoms with Crippen molar-refractivity contribution in [2.24, 2.45) is 23.2 Å². The molecule has 2 aliphatic carbocycles. The van der Waals surface area contributed by atoms with Gasteiger partial charge in [-0.1, -0.05) is 18.6 Å². The third kappa shape index (κ3) is 7.76. The molecule has 6 heterocycles. The Morgan fingerprint density at radius 2 is 1.51 bits per heavy atom. The number of methoxy groups -OCH3 is 3. The first-order valence-corrected chi connectivity index (χ1v) is 21.0. The second-order valence-corrected chi connectivity index (χ2v) is 17.9. The lowest BCUT2D eigenvalue weighted by Crippen LogP contribution is -2.61. The Morgan fingerprint density at radius 3 is 2.25 bits per heavy atom. The van der Waals surface area contributed by atoms with Crippen molar-refractivity contribution in [1.82, 2.24) is 0 Å². The zero-order valence-electron chi connectivity index (χ0n) is 34.6. The number of fused-ring (bicyclic) bond motifs is 3. The molecule has 0 aromatic rings. The second-order valence-electron chi connectivity index (χ2n) is 17.9. The number of aliphatic hydroxyl groups is 2. The first-order chi connectivity index (χ1) is 27.3. The summed E-state index contributed by atoms with van der Waals surface area (Å²) in [4.78, 5) is 13.7. The third-order valence-corrected chi connectivity index (χ3v) is 14.6. The Bertz CT molecular complexity index is 1510. The zero-order valence-corrected chi connectivity index (χ0v) is 34.6. The molecule has 1 saturated carbocycles. The summed E-state index contributed by atoms with van der Waals surface area (Å²) in [5.74, 6) is -1.07. The van der Waals surface area contributed by atoms with Crippen LogP contribution in [0.1, 0.15) is 86.0 Å². The predicted molar refractivity (Wildman–Crippen MR) is 199 cm³/mol. The first-order valence-electron chi connectivity index (χ1n) is 21.0. The summed E-state index contributed by atoms with van der Waals surface area (Å²) in [6.45, 7) is 10.2. The molecule has 0 aromatic heterocycles. The molecule has 6 aliphatic heterocycles. The van der Waals surface area contributed by atoms with Crippen LogP contribution in [0, 0.1) is 23.2 Å². The maximum atomic E-state index is 13.7. The topological polar surface area (TPSA) is 168 Å². The number of allylic oxidation sites excluding steroid dienone is 1. The van der Waals surface area contributed by atoms with Crippen molar-refractivity contribution in [3.8, 4) is 0 Å². The molecule has 20 atom stereocenters. The first kappa shape index (κ1) is 42.0. The molecule has 15 nitrogen and oxygen atoms in total. The van der Waals surface area contributed by atoms with Crippen LogP contribution < -0.4 is 0 Å². The normalized spacial score (nSPS) is 51.2. The number of aliphatic hydroxyl groups excluding tert-OH is 2. The van der Waals surface area contributed by atoms with Crippen molar-refractivity contribution >= 4 is 5.97 Å². The van der Waals surface area contributed by atoms with Crippen molar-refractivity contribution in [2.45, 2.75) is 184 Å². The van der Waals surface area contributed by atoms with Crippen LogP contribution in [0.2, 0.25) is 0 Å². The monoisotopic (exact) mass is 808 g/mol. The van der Waals surface area contributed by atoms with E-state index in [9.17, 15) is 15.0 Å². The highest BCUT2D eigenvalue weighted by Crippen LogP contribution is 2.57. The molecule has 15 heteroatoms. The van der Waals surface area contributed by atoms with E-state index in [0.717, 1.165) is 25.7 Å². The van der Waals surface area contributed by atoms with Crippen LogP contribution in [0.3, 0.4) is 0 Å². The molecule has 8 aliphatic rings. The summed E-state index contributed by atoms with van der Waals surface area (Å²) >= 11 is 0. The van der Waals surface area contributed by atoms with Gasteiger partial charge < -0.3 is 67.1 Å². The molecule has 4 unspecified atom stereocenters. The smallest absolute Gasteiger partial charge is 0.309 e. The maximum absolute atomic E-state index is 13.7. The van der Waals surface area contributed by atoms with Crippen molar-refractivity contribution in [3.63, 3.8) is 0 Å². The van der Waals surface area contributed by atoms with E-state index in [-0.39, 0.29) is 47.4 Å². The molecule has 57 heavy (non-hydrogen) atoms. The lowest BCUT2D eigenvalue weighted by atomic mass is 9.55. The molecule has 0 spiro atoms. The minimum absolute atomic E-state index is 0.0721. The highest BCUT2D eigenvalue weighted by Gasteiger charge is 2.58. The quantitative estimate of drug-likeness (QED) is 0.256. The number of rotatable bonds is 9. The fraction of sp³-hybridized carbons (Fsp3) is 0.881. The molecule has 8 rings (SSSR count). The number of ether oxygens (including phenoxy) is 12. The Balaban J connectivity index is 0.877. The number of hydrogen-bond acceptors (Lipinski definition) is 15. The van der Waals surface area contributed by atoms with E-state index in [2.05, 4.69) is 13.0 Å². The van der Waals surface area contributed by atoms with Gasteiger partial charge >= 0.3 is 5.97 Å². The largest absolute Gasteiger partial charge is 0.469 e. The van der Waals surface area contributed by atoms with Gasteiger partial charge in [-0.25, -0.2) is 0 Å². The van der Waals surface area contributed by atoms with Gasteiger partial charge in [0.15, 0.2) is 18.9 Å². The molecule has 6 fully saturated rings. The van der Waals surface area contributed by atoms with Crippen LogP contribution in [-0.2, 0) is 61.6 Å². The van der Waals surface area contributed by atoms with Crippen molar-refractivity contribution in [3.05, 3.63) is 23.5 Å². The average molecular weight is 809 g/mol. The van der Waals surface area contributed by atoms with E-state index in [1.54, 1.807) is 28.3 Å². The zero-order chi connectivity index (χ0) is 40.4. The summed E-state index contributed by atoms with van der Waals surface area (Å²) in [5, 5.41) is 22.0. The SMILES string of the molecule is CO[C@@H]1[C@@H](O)[C@H](O[C@H]2CC[C@@]3(C)C(=CCC4C(=O)OC5CO[C@]6(C)OC=C(CCC43)C56)C2)O[C@H](C)[C@H]1O[C@H]1C[C@H](OC)[C@@H](O[C@H]2C[C@H](OC)[C@H](O)[C@@H](C)O2)[C@H](C)O1. The van der Waals surface area contributed by atoms with Crippen LogP contribution in [0.4, 0.5) is 0 Å². The summed E-state index contributed by atoms with van der Waals surface area (Å²) in [6.07, 6.45) is 0.723.